The van der Waals surface area contributed by atoms with Gasteiger partial charge >= 0.3 is 5.97 Å². The fraction of sp³-hybridized carbons (Fsp3) is 0.125. The Kier molecular flexibility index (Phi) is 6.76. The van der Waals surface area contributed by atoms with E-state index in [2.05, 4.69) is 84.3 Å². The van der Waals surface area contributed by atoms with Crippen LogP contribution < -0.4 is 0 Å². The smallest absolute Gasteiger partial charge is 0.346 e. The van der Waals surface area contributed by atoms with Gasteiger partial charge < -0.3 is 9.67 Å². The van der Waals surface area contributed by atoms with Gasteiger partial charge in [-0.15, -0.1) is 11.3 Å². The standard InChI is InChI=1S/C32H26N2O2S/c1-21(11-12-22(2)31-18-17-26(37-31)19-24(20-33)32(35)36)23-13-15-25(16-14-23)34-29-9-5-3-7-27(29)28-8-4-6-10-30(28)34/h3,5-7,9-19H,4,8H2,1-2H3,(H,35,36)/b21-11+,22-12+,24-19-. The average molecular weight is 503 g/mol. The van der Waals surface area contributed by atoms with Gasteiger partial charge in [0, 0.05) is 26.5 Å². The number of thiophene rings is 1. The van der Waals surface area contributed by atoms with Gasteiger partial charge in [0.15, 0.2) is 0 Å². The van der Waals surface area contributed by atoms with Gasteiger partial charge in [-0.1, -0.05) is 48.6 Å². The van der Waals surface area contributed by atoms with E-state index < -0.39 is 5.97 Å². The number of hydrogen-bond donors (Lipinski definition) is 1. The van der Waals surface area contributed by atoms with E-state index in [1.165, 1.54) is 39.6 Å². The minimum absolute atomic E-state index is 0.265. The van der Waals surface area contributed by atoms with Crippen molar-refractivity contribution in [2.75, 3.05) is 0 Å². The normalized spacial score (nSPS) is 14.0. The number of aliphatic carboxylic acids is 1. The molecule has 5 heteroatoms. The van der Waals surface area contributed by atoms with Crippen LogP contribution in [0.2, 0.25) is 0 Å². The van der Waals surface area contributed by atoms with Crippen molar-refractivity contribution in [1.29, 1.82) is 5.26 Å². The van der Waals surface area contributed by atoms with Crippen LogP contribution in [0.5, 0.6) is 0 Å². The lowest BCUT2D eigenvalue weighted by Gasteiger charge is -2.13. The van der Waals surface area contributed by atoms with E-state index in [1.54, 1.807) is 6.07 Å². The van der Waals surface area contributed by atoms with E-state index >= 15 is 0 Å². The van der Waals surface area contributed by atoms with Gasteiger partial charge in [-0.05, 0) is 91.4 Å². The number of carbonyl (C=O) groups is 1. The molecule has 2 aromatic carbocycles. The molecule has 0 amide bonds. The molecule has 0 fully saturated rings. The Morgan fingerprint density at radius 2 is 1.78 bits per heavy atom. The molecule has 0 bridgehead atoms. The summed E-state index contributed by atoms with van der Waals surface area (Å²) in [4.78, 5) is 12.9. The number of nitriles is 1. The monoisotopic (exact) mass is 502 g/mol. The van der Waals surface area contributed by atoms with Crippen molar-refractivity contribution in [3.8, 4) is 11.8 Å². The number of aromatic nitrogens is 1. The number of nitrogens with zero attached hydrogens (tertiary/aromatic N) is 2. The second kappa shape index (κ2) is 10.3. The molecule has 0 aliphatic heterocycles. The van der Waals surface area contributed by atoms with Gasteiger partial charge in [-0.25, -0.2) is 4.79 Å². The van der Waals surface area contributed by atoms with Crippen LogP contribution in [0.15, 0.2) is 84.5 Å². The lowest BCUT2D eigenvalue weighted by molar-refractivity contribution is -0.132. The summed E-state index contributed by atoms with van der Waals surface area (Å²) in [6.45, 7) is 4.13. The molecule has 1 aliphatic rings. The molecule has 0 saturated carbocycles. The molecule has 182 valence electrons. The fourth-order valence-electron chi connectivity index (χ4n) is 4.69. The quantitative estimate of drug-likeness (QED) is 0.164. The van der Waals surface area contributed by atoms with E-state index in [0.29, 0.717) is 0 Å². The van der Waals surface area contributed by atoms with Crippen LogP contribution in [0.1, 0.15) is 46.8 Å². The van der Waals surface area contributed by atoms with Gasteiger partial charge in [0.05, 0.1) is 5.52 Å². The Morgan fingerprint density at radius 3 is 2.54 bits per heavy atom. The van der Waals surface area contributed by atoms with Crippen LogP contribution in [0.4, 0.5) is 0 Å². The van der Waals surface area contributed by atoms with Crippen LogP contribution in [-0.2, 0) is 11.2 Å². The highest BCUT2D eigenvalue weighted by Gasteiger charge is 2.17. The molecular weight excluding hydrogens is 476 g/mol. The molecule has 2 heterocycles. The van der Waals surface area contributed by atoms with Crippen molar-refractivity contribution in [2.45, 2.75) is 26.7 Å². The highest BCUT2D eigenvalue weighted by Crippen LogP contribution is 2.34. The van der Waals surface area contributed by atoms with Gasteiger partial charge in [0.2, 0.25) is 0 Å². The highest BCUT2D eigenvalue weighted by atomic mass is 32.1. The number of carboxylic acid groups (broad SMARTS) is 1. The number of rotatable bonds is 6. The third kappa shape index (κ3) is 4.84. The van der Waals surface area contributed by atoms with Crippen LogP contribution >= 0.6 is 11.3 Å². The summed E-state index contributed by atoms with van der Waals surface area (Å²) in [7, 11) is 0. The van der Waals surface area contributed by atoms with E-state index in [9.17, 15) is 4.79 Å². The fourth-order valence-corrected chi connectivity index (χ4v) is 5.63. The zero-order valence-corrected chi connectivity index (χ0v) is 21.5. The number of fused-ring (bicyclic) bond motifs is 3. The lowest BCUT2D eigenvalue weighted by atomic mass is 10.0. The molecule has 0 radical (unpaired) electrons. The second-order valence-electron chi connectivity index (χ2n) is 9.08. The van der Waals surface area contributed by atoms with Crippen LogP contribution in [0.25, 0.3) is 39.9 Å². The van der Waals surface area contributed by atoms with E-state index in [-0.39, 0.29) is 5.57 Å². The molecule has 1 N–H and O–H groups in total. The van der Waals surface area contributed by atoms with E-state index in [4.69, 9.17) is 10.4 Å². The maximum absolute atomic E-state index is 11.1. The molecule has 0 spiro atoms. The summed E-state index contributed by atoms with van der Waals surface area (Å²) >= 11 is 1.47. The molecule has 0 unspecified atom stereocenters. The van der Waals surface area contributed by atoms with Gasteiger partial charge in [0.1, 0.15) is 11.6 Å². The number of carboxylic acids is 1. The van der Waals surface area contributed by atoms with Gasteiger partial charge in [-0.2, -0.15) is 5.26 Å². The van der Waals surface area contributed by atoms with E-state index in [1.807, 2.05) is 19.1 Å². The van der Waals surface area contributed by atoms with Crippen molar-refractivity contribution in [2.24, 2.45) is 0 Å². The summed E-state index contributed by atoms with van der Waals surface area (Å²) in [5, 5.41) is 19.4. The van der Waals surface area contributed by atoms with Crippen LogP contribution in [-0.4, -0.2) is 15.6 Å². The zero-order chi connectivity index (χ0) is 25.9. The molecule has 4 aromatic rings. The van der Waals surface area contributed by atoms with Crippen molar-refractivity contribution >= 4 is 51.5 Å². The maximum atomic E-state index is 11.1. The highest BCUT2D eigenvalue weighted by molar-refractivity contribution is 7.14. The second-order valence-corrected chi connectivity index (χ2v) is 10.2. The first kappa shape index (κ1) is 24.3. The topological polar surface area (TPSA) is 66.0 Å². The first-order chi connectivity index (χ1) is 18.0. The molecule has 2 aromatic heterocycles. The molecule has 1 aliphatic carbocycles. The van der Waals surface area contributed by atoms with Crippen LogP contribution in [0.3, 0.4) is 0 Å². The number of aryl methyl sites for hydroxylation is 1. The number of para-hydroxylation sites is 1. The Morgan fingerprint density at radius 1 is 1.03 bits per heavy atom. The third-order valence-corrected chi connectivity index (χ3v) is 7.84. The average Bonchev–Trinajstić information content (AvgIpc) is 3.53. The Bertz CT molecular complexity index is 1670. The molecule has 0 saturated heterocycles. The van der Waals surface area contributed by atoms with Gasteiger partial charge in [-0.3, -0.25) is 0 Å². The third-order valence-electron chi connectivity index (χ3n) is 6.67. The first-order valence-corrected chi connectivity index (χ1v) is 13.0. The summed E-state index contributed by atoms with van der Waals surface area (Å²) in [6, 6.07) is 22.9. The zero-order valence-electron chi connectivity index (χ0n) is 20.7. The SMILES string of the molecule is C/C(=C\C=C(/C)c1ccc(/C=C(/C#N)C(=O)O)s1)c1ccc(-n2c3c(c4ccccc42)CCC=C3)cc1. The molecular formula is C32H26N2O2S. The summed E-state index contributed by atoms with van der Waals surface area (Å²) in [6.07, 6.45) is 12.3. The predicted octanol–water partition coefficient (Wildman–Crippen LogP) is 8.15. The Labute approximate surface area is 220 Å². The Hall–Kier alpha value is -4.40. The summed E-state index contributed by atoms with van der Waals surface area (Å²) < 4.78 is 2.36. The predicted molar refractivity (Wildman–Crippen MR) is 153 cm³/mol. The number of allylic oxidation sites excluding steroid dienone is 5. The number of benzene rings is 2. The van der Waals surface area contributed by atoms with Crippen molar-refractivity contribution in [3.63, 3.8) is 0 Å². The molecule has 5 rings (SSSR count). The molecule has 37 heavy (non-hydrogen) atoms. The maximum Gasteiger partial charge on any atom is 0.346 e. The van der Waals surface area contributed by atoms with Gasteiger partial charge in [0.25, 0.3) is 0 Å². The summed E-state index contributed by atoms with van der Waals surface area (Å²) in [5.74, 6) is -1.21. The molecule has 0 atom stereocenters. The minimum Gasteiger partial charge on any atom is -0.477 e. The van der Waals surface area contributed by atoms with Crippen molar-refractivity contribution in [3.05, 3.63) is 111 Å². The lowest BCUT2D eigenvalue weighted by Crippen LogP contribution is -2.00. The van der Waals surface area contributed by atoms with Crippen molar-refractivity contribution < 1.29 is 9.90 Å². The number of hydrogen-bond acceptors (Lipinski definition) is 3. The Balaban J connectivity index is 1.39. The summed E-state index contributed by atoms with van der Waals surface area (Å²) in [5.41, 5.74) is 8.23. The first-order valence-electron chi connectivity index (χ1n) is 12.2. The minimum atomic E-state index is -1.21. The molecule has 4 nitrogen and oxygen atoms in total. The van der Waals surface area contributed by atoms with Crippen LogP contribution in [0, 0.1) is 11.3 Å². The van der Waals surface area contributed by atoms with E-state index in [0.717, 1.165) is 45.0 Å². The van der Waals surface area contributed by atoms with Crippen molar-refractivity contribution in [1.82, 2.24) is 4.57 Å². The largest absolute Gasteiger partial charge is 0.477 e.